The molecule has 0 fully saturated rings. The van der Waals surface area contributed by atoms with Gasteiger partial charge >= 0.3 is 6.61 Å². The van der Waals surface area contributed by atoms with E-state index in [4.69, 9.17) is 0 Å². The zero-order valence-electron chi connectivity index (χ0n) is 14.6. The summed E-state index contributed by atoms with van der Waals surface area (Å²) < 4.78 is 29.6. The van der Waals surface area contributed by atoms with Crippen LogP contribution in [0.1, 0.15) is 24.1 Å². The van der Waals surface area contributed by atoms with Gasteiger partial charge in [-0.15, -0.1) is 0 Å². The smallest absolute Gasteiger partial charge is 0.387 e. The van der Waals surface area contributed by atoms with Crippen LogP contribution in [0, 0.1) is 0 Å². The fourth-order valence-electron chi connectivity index (χ4n) is 2.51. The van der Waals surface area contributed by atoms with Crippen molar-refractivity contribution in [3.63, 3.8) is 0 Å². The van der Waals surface area contributed by atoms with E-state index in [0.717, 1.165) is 15.6 Å². The van der Waals surface area contributed by atoms with Crippen LogP contribution in [0.15, 0.2) is 53.0 Å². The molecule has 140 valence electrons. The summed E-state index contributed by atoms with van der Waals surface area (Å²) in [6.45, 7) is -0.145. The number of likely N-dealkylation sites (N-methyl/N-ethyl adjacent to an activating group) is 1. The van der Waals surface area contributed by atoms with E-state index in [2.05, 4.69) is 26.0 Å². The minimum absolute atomic E-state index is 0.0828. The summed E-state index contributed by atoms with van der Waals surface area (Å²) in [4.78, 5) is 14.1. The van der Waals surface area contributed by atoms with Gasteiger partial charge in [-0.1, -0.05) is 40.2 Å². The maximum Gasteiger partial charge on any atom is 0.387 e. The lowest BCUT2D eigenvalue weighted by atomic mass is 10.1. The highest BCUT2D eigenvalue weighted by atomic mass is 79.9. The SMILES string of the molecule is CC(NC(=O)CN(C)Cc1ccc(OC(F)F)cc1)c1ccc(Br)cc1. The summed E-state index contributed by atoms with van der Waals surface area (Å²) in [5, 5.41) is 2.96. The Labute approximate surface area is 160 Å². The first-order valence-corrected chi connectivity index (χ1v) is 8.90. The molecular formula is C19H21BrF2N2O2. The molecule has 0 spiro atoms. The van der Waals surface area contributed by atoms with E-state index in [1.54, 1.807) is 12.1 Å². The van der Waals surface area contributed by atoms with Crippen molar-refractivity contribution in [3.05, 3.63) is 64.1 Å². The second-order valence-corrected chi connectivity index (χ2v) is 6.95. The number of rotatable bonds is 8. The number of nitrogens with zero attached hydrogens (tertiary/aromatic N) is 1. The van der Waals surface area contributed by atoms with E-state index in [1.165, 1.54) is 12.1 Å². The number of ether oxygens (including phenoxy) is 1. The molecule has 7 heteroatoms. The van der Waals surface area contributed by atoms with Gasteiger partial charge in [0.05, 0.1) is 12.6 Å². The number of hydrogen-bond donors (Lipinski definition) is 1. The standard InChI is InChI=1S/C19H21BrF2N2O2/c1-13(15-5-7-16(20)8-6-15)23-18(25)12-24(2)11-14-3-9-17(10-4-14)26-19(21)22/h3-10,13,19H,11-12H2,1-2H3,(H,23,25). The Morgan fingerprint density at radius 3 is 2.35 bits per heavy atom. The molecule has 0 aliphatic heterocycles. The molecule has 0 aliphatic carbocycles. The number of amides is 1. The minimum atomic E-state index is -2.83. The van der Waals surface area contributed by atoms with Crippen LogP contribution in [-0.4, -0.2) is 31.0 Å². The molecule has 0 saturated heterocycles. The van der Waals surface area contributed by atoms with Crippen LogP contribution in [0.5, 0.6) is 5.75 Å². The van der Waals surface area contributed by atoms with Crippen LogP contribution in [0.25, 0.3) is 0 Å². The van der Waals surface area contributed by atoms with Gasteiger partial charge in [0, 0.05) is 11.0 Å². The molecule has 1 N–H and O–H groups in total. The van der Waals surface area contributed by atoms with Crippen molar-refractivity contribution in [1.82, 2.24) is 10.2 Å². The molecule has 0 aliphatic rings. The normalized spacial score (nSPS) is 12.3. The van der Waals surface area contributed by atoms with Crippen LogP contribution in [0.2, 0.25) is 0 Å². The van der Waals surface area contributed by atoms with Crippen molar-refractivity contribution in [2.24, 2.45) is 0 Å². The van der Waals surface area contributed by atoms with Gasteiger partial charge in [0.15, 0.2) is 0 Å². The summed E-state index contributed by atoms with van der Waals surface area (Å²) in [5.41, 5.74) is 1.93. The molecule has 2 aromatic carbocycles. The second-order valence-electron chi connectivity index (χ2n) is 6.04. The number of carbonyl (C=O) groups is 1. The monoisotopic (exact) mass is 426 g/mol. The number of benzene rings is 2. The van der Waals surface area contributed by atoms with Crippen molar-refractivity contribution >= 4 is 21.8 Å². The summed E-state index contributed by atoms with van der Waals surface area (Å²) in [6.07, 6.45) is 0. The maximum atomic E-state index is 12.2. The van der Waals surface area contributed by atoms with Crippen LogP contribution in [0.4, 0.5) is 8.78 Å². The predicted octanol–water partition coefficient (Wildman–Crippen LogP) is 4.36. The molecule has 4 nitrogen and oxygen atoms in total. The molecule has 1 amide bonds. The van der Waals surface area contributed by atoms with Gasteiger partial charge in [-0.25, -0.2) is 0 Å². The lowest BCUT2D eigenvalue weighted by molar-refractivity contribution is -0.122. The first-order valence-electron chi connectivity index (χ1n) is 8.10. The largest absolute Gasteiger partial charge is 0.435 e. The van der Waals surface area contributed by atoms with Crippen molar-refractivity contribution < 1.29 is 18.3 Å². The van der Waals surface area contributed by atoms with E-state index in [9.17, 15) is 13.6 Å². The molecule has 2 aromatic rings. The van der Waals surface area contributed by atoms with Crippen molar-refractivity contribution in [2.45, 2.75) is 26.1 Å². The van der Waals surface area contributed by atoms with Crippen molar-refractivity contribution in [1.29, 1.82) is 0 Å². The lowest BCUT2D eigenvalue weighted by Crippen LogP contribution is -2.36. The third-order valence-electron chi connectivity index (χ3n) is 3.76. The van der Waals surface area contributed by atoms with Gasteiger partial charge < -0.3 is 10.1 Å². The second kappa shape index (κ2) is 9.64. The molecule has 1 atom stereocenters. The summed E-state index contributed by atoms with van der Waals surface area (Å²) in [5.74, 6) is 0.0352. The quantitative estimate of drug-likeness (QED) is 0.681. The number of hydrogen-bond acceptors (Lipinski definition) is 3. The van der Waals surface area contributed by atoms with Gasteiger partial charge in [0.25, 0.3) is 0 Å². The maximum absolute atomic E-state index is 12.2. The molecule has 0 aromatic heterocycles. The van der Waals surface area contributed by atoms with E-state index in [-0.39, 0.29) is 24.2 Å². The van der Waals surface area contributed by atoms with Crippen molar-refractivity contribution in [2.75, 3.05) is 13.6 Å². The number of halogens is 3. The number of nitrogens with one attached hydrogen (secondary N) is 1. The van der Waals surface area contributed by atoms with Gasteiger partial charge in [0.1, 0.15) is 5.75 Å². The third kappa shape index (κ3) is 6.72. The van der Waals surface area contributed by atoms with Crippen molar-refractivity contribution in [3.8, 4) is 5.75 Å². The highest BCUT2D eigenvalue weighted by Gasteiger charge is 2.12. The molecule has 0 heterocycles. The summed E-state index contributed by atoms with van der Waals surface area (Å²) in [6, 6.07) is 14.1. The van der Waals surface area contributed by atoms with E-state index >= 15 is 0 Å². The first kappa shape index (κ1) is 20.3. The molecule has 1 unspecified atom stereocenters. The highest BCUT2D eigenvalue weighted by molar-refractivity contribution is 9.10. The summed E-state index contributed by atoms with van der Waals surface area (Å²) in [7, 11) is 1.83. The van der Waals surface area contributed by atoms with Gasteiger partial charge in [-0.05, 0) is 49.4 Å². The zero-order chi connectivity index (χ0) is 19.1. The zero-order valence-corrected chi connectivity index (χ0v) is 16.2. The molecule has 2 rings (SSSR count). The van der Waals surface area contributed by atoms with Gasteiger partial charge in [-0.2, -0.15) is 8.78 Å². The Hall–Kier alpha value is -1.99. The molecule has 0 saturated carbocycles. The topological polar surface area (TPSA) is 41.6 Å². The lowest BCUT2D eigenvalue weighted by Gasteiger charge is -2.19. The van der Waals surface area contributed by atoms with Crippen LogP contribution in [0.3, 0.4) is 0 Å². The Bertz CT molecular complexity index is 708. The number of carbonyl (C=O) groups excluding carboxylic acids is 1. The van der Waals surface area contributed by atoms with E-state index in [1.807, 2.05) is 43.1 Å². The predicted molar refractivity (Wildman–Crippen MR) is 100 cm³/mol. The van der Waals surface area contributed by atoms with Crippen LogP contribution in [-0.2, 0) is 11.3 Å². The Kier molecular flexibility index (Phi) is 7.53. The van der Waals surface area contributed by atoms with Gasteiger partial charge in [-0.3, -0.25) is 9.69 Å². The molecular weight excluding hydrogens is 406 g/mol. The summed E-state index contributed by atoms with van der Waals surface area (Å²) >= 11 is 3.39. The van der Waals surface area contributed by atoms with E-state index in [0.29, 0.717) is 6.54 Å². The fourth-order valence-corrected chi connectivity index (χ4v) is 2.78. The third-order valence-corrected chi connectivity index (χ3v) is 4.29. The average molecular weight is 427 g/mol. The van der Waals surface area contributed by atoms with Crippen LogP contribution < -0.4 is 10.1 Å². The Morgan fingerprint density at radius 2 is 1.77 bits per heavy atom. The van der Waals surface area contributed by atoms with Crippen LogP contribution >= 0.6 is 15.9 Å². The molecule has 0 radical (unpaired) electrons. The minimum Gasteiger partial charge on any atom is -0.435 e. The Morgan fingerprint density at radius 1 is 1.15 bits per heavy atom. The number of alkyl halides is 2. The first-order chi connectivity index (χ1) is 12.3. The average Bonchev–Trinajstić information content (AvgIpc) is 2.56. The Balaban J connectivity index is 1.81. The van der Waals surface area contributed by atoms with Gasteiger partial charge in [0.2, 0.25) is 5.91 Å². The van der Waals surface area contributed by atoms with E-state index < -0.39 is 6.61 Å². The highest BCUT2D eigenvalue weighted by Crippen LogP contribution is 2.17. The molecule has 0 bridgehead atoms. The molecule has 26 heavy (non-hydrogen) atoms. The fraction of sp³-hybridized carbons (Fsp3) is 0.316.